The van der Waals surface area contributed by atoms with Gasteiger partial charge >= 0.3 is 0 Å². The summed E-state index contributed by atoms with van der Waals surface area (Å²) in [6, 6.07) is 9.71. The lowest BCUT2D eigenvalue weighted by atomic mass is 10.00. The first-order chi connectivity index (χ1) is 8.15. The lowest BCUT2D eigenvalue weighted by Gasteiger charge is -2.04. The summed E-state index contributed by atoms with van der Waals surface area (Å²) in [4.78, 5) is 16.0. The standard InChI is InChI=1S/C15H15NO/c1-11-7-12(2)9-14(8-11)15(17)10-13-3-5-16-6-4-13/h3-9H,10H2,1-2H3. The summed E-state index contributed by atoms with van der Waals surface area (Å²) in [6.45, 7) is 4.02. The van der Waals surface area contributed by atoms with Gasteiger partial charge in [-0.2, -0.15) is 0 Å². The van der Waals surface area contributed by atoms with Crippen LogP contribution in [-0.4, -0.2) is 10.8 Å². The van der Waals surface area contributed by atoms with E-state index in [2.05, 4.69) is 11.1 Å². The van der Waals surface area contributed by atoms with E-state index in [1.165, 1.54) is 0 Å². The summed E-state index contributed by atoms with van der Waals surface area (Å²) in [6.07, 6.45) is 3.86. The minimum Gasteiger partial charge on any atom is -0.294 e. The number of pyridine rings is 1. The first-order valence-electron chi connectivity index (χ1n) is 5.65. The second-order valence-corrected chi connectivity index (χ2v) is 4.33. The van der Waals surface area contributed by atoms with Gasteiger partial charge in [0.2, 0.25) is 0 Å². The highest BCUT2D eigenvalue weighted by Crippen LogP contribution is 2.12. The Morgan fingerprint density at radius 3 is 2.24 bits per heavy atom. The lowest BCUT2D eigenvalue weighted by molar-refractivity contribution is 0.0993. The van der Waals surface area contributed by atoms with Crippen LogP contribution in [0, 0.1) is 13.8 Å². The van der Waals surface area contributed by atoms with E-state index in [1.54, 1.807) is 12.4 Å². The smallest absolute Gasteiger partial charge is 0.167 e. The zero-order chi connectivity index (χ0) is 12.3. The number of benzene rings is 1. The Balaban J connectivity index is 2.20. The molecule has 0 aliphatic heterocycles. The molecule has 1 aromatic heterocycles. The highest BCUT2D eigenvalue weighted by molar-refractivity contribution is 5.97. The van der Waals surface area contributed by atoms with Crippen LogP contribution >= 0.6 is 0 Å². The van der Waals surface area contributed by atoms with E-state index >= 15 is 0 Å². The average molecular weight is 225 g/mol. The van der Waals surface area contributed by atoms with E-state index in [0.717, 1.165) is 22.3 Å². The third-order valence-electron chi connectivity index (χ3n) is 2.66. The van der Waals surface area contributed by atoms with Crippen molar-refractivity contribution in [3.05, 3.63) is 65.0 Å². The van der Waals surface area contributed by atoms with Crippen molar-refractivity contribution in [2.75, 3.05) is 0 Å². The van der Waals surface area contributed by atoms with Gasteiger partial charge in [-0.1, -0.05) is 17.2 Å². The van der Waals surface area contributed by atoms with Gasteiger partial charge in [0.05, 0.1) is 0 Å². The third-order valence-corrected chi connectivity index (χ3v) is 2.66. The summed E-state index contributed by atoms with van der Waals surface area (Å²) in [5.74, 6) is 0.156. The Hall–Kier alpha value is -1.96. The highest BCUT2D eigenvalue weighted by Gasteiger charge is 2.07. The lowest BCUT2D eigenvalue weighted by Crippen LogP contribution is -2.04. The van der Waals surface area contributed by atoms with E-state index in [1.807, 2.05) is 38.1 Å². The highest BCUT2D eigenvalue weighted by atomic mass is 16.1. The molecule has 0 aliphatic rings. The number of carbonyl (C=O) groups is 1. The number of aryl methyl sites for hydroxylation is 2. The van der Waals surface area contributed by atoms with Crippen molar-refractivity contribution in [2.24, 2.45) is 0 Å². The van der Waals surface area contributed by atoms with Crippen molar-refractivity contribution < 1.29 is 4.79 Å². The molecule has 2 nitrogen and oxygen atoms in total. The van der Waals surface area contributed by atoms with E-state index in [9.17, 15) is 4.79 Å². The SMILES string of the molecule is Cc1cc(C)cc(C(=O)Cc2ccncc2)c1. The fourth-order valence-electron chi connectivity index (χ4n) is 1.92. The molecule has 2 heteroatoms. The minimum atomic E-state index is 0.156. The van der Waals surface area contributed by atoms with Crippen LogP contribution in [-0.2, 0) is 6.42 Å². The first kappa shape index (κ1) is 11.5. The van der Waals surface area contributed by atoms with Gasteiger partial charge in [-0.25, -0.2) is 0 Å². The van der Waals surface area contributed by atoms with Crippen LogP contribution in [0.1, 0.15) is 27.0 Å². The van der Waals surface area contributed by atoms with Crippen molar-refractivity contribution in [3.63, 3.8) is 0 Å². The monoisotopic (exact) mass is 225 g/mol. The second kappa shape index (κ2) is 4.91. The molecule has 17 heavy (non-hydrogen) atoms. The zero-order valence-electron chi connectivity index (χ0n) is 10.1. The van der Waals surface area contributed by atoms with Crippen molar-refractivity contribution in [1.29, 1.82) is 0 Å². The topological polar surface area (TPSA) is 30.0 Å². The van der Waals surface area contributed by atoms with Gasteiger partial charge in [0, 0.05) is 24.4 Å². The average Bonchev–Trinajstić information content (AvgIpc) is 2.29. The van der Waals surface area contributed by atoms with Crippen LogP contribution in [0.2, 0.25) is 0 Å². The number of Topliss-reactive ketones (excluding diaryl/α,β-unsaturated/α-hetero) is 1. The van der Waals surface area contributed by atoms with Crippen molar-refractivity contribution in [1.82, 2.24) is 4.98 Å². The molecule has 0 unspecified atom stereocenters. The Morgan fingerprint density at radius 2 is 1.65 bits per heavy atom. The molecule has 2 rings (SSSR count). The summed E-state index contributed by atoms with van der Waals surface area (Å²) < 4.78 is 0. The van der Waals surface area contributed by atoms with Crippen LogP contribution in [0.25, 0.3) is 0 Å². The maximum Gasteiger partial charge on any atom is 0.167 e. The molecule has 1 aromatic carbocycles. The van der Waals surface area contributed by atoms with Crippen LogP contribution in [0.5, 0.6) is 0 Å². The molecule has 86 valence electrons. The van der Waals surface area contributed by atoms with Gasteiger partial charge in [-0.05, 0) is 43.7 Å². The molecular formula is C15H15NO. The Bertz CT molecular complexity index is 512. The third kappa shape index (κ3) is 3.00. The molecule has 0 saturated heterocycles. The first-order valence-corrected chi connectivity index (χ1v) is 5.65. The van der Waals surface area contributed by atoms with E-state index in [4.69, 9.17) is 0 Å². The second-order valence-electron chi connectivity index (χ2n) is 4.33. The summed E-state index contributed by atoms with van der Waals surface area (Å²) >= 11 is 0. The fraction of sp³-hybridized carbons (Fsp3) is 0.200. The van der Waals surface area contributed by atoms with Gasteiger partial charge in [0.25, 0.3) is 0 Å². The Morgan fingerprint density at radius 1 is 1.06 bits per heavy atom. The number of aromatic nitrogens is 1. The van der Waals surface area contributed by atoms with Gasteiger partial charge in [0.15, 0.2) is 5.78 Å². The Kier molecular flexibility index (Phi) is 3.33. The summed E-state index contributed by atoms with van der Waals surface area (Å²) in [5.41, 5.74) is 4.05. The van der Waals surface area contributed by atoms with Crippen molar-refractivity contribution in [2.45, 2.75) is 20.3 Å². The van der Waals surface area contributed by atoms with Crippen molar-refractivity contribution >= 4 is 5.78 Å². The molecular weight excluding hydrogens is 210 g/mol. The van der Waals surface area contributed by atoms with Crippen LogP contribution in [0.15, 0.2) is 42.7 Å². The molecule has 0 aliphatic carbocycles. The number of carbonyl (C=O) groups excluding carboxylic acids is 1. The quantitative estimate of drug-likeness (QED) is 0.751. The molecule has 0 saturated carbocycles. The van der Waals surface area contributed by atoms with Crippen LogP contribution < -0.4 is 0 Å². The van der Waals surface area contributed by atoms with Crippen LogP contribution in [0.3, 0.4) is 0 Å². The number of hydrogen-bond donors (Lipinski definition) is 0. The van der Waals surface area contributed by atoms with E-state index in [-0.39, 0.29) is 5.78 Å². The number of rotatable bonds is 3. The van der Waals surface area contributed by atoms with Gasteiger partial charge in [0.1, 0.15) is 0 Å². The molecule has 0 spiro atoms. The van der Waals surface area contributed by atoms with E-state index in [0.29, 0.717) is 6.42 Å². The number of ketones is 1. The fourth-order valence-corrected chi connectivity index (χ4v) is 1.92. The minimum absolute atomic E-state index is 0.156. The van der Waals surface area contributed by atoms with Gasteiger partial charge < -0.3 is 0 Å². The normalized spacial score (nSPS) is 10.2. The van der Waals surface area contributed by atoms with Gasteiger partial charge in [-0.3, -0.25) is 9.78 Å². The number of hydrogen-bond acceptors (Lipinski definition) is 2. The number of nitrogens with zero attached hydrogens (tertiary/aromatic N) is 1. The molecule has 0 bridgehead atoms. The van der Waals surface area contributed by atoms with Crippen LogP contribution in [0.4, 0.5) is 0 Å². The largest absolute Gasteiger partial charge is 0.294 e. The summed E-state index contributed by atoms with van der Waals surface area (Å²) in [5, 5.41) is 0. The molecule has 0 fully saturated rings. The maximum atomic E-state index is 12.1. The van der Waals surface area contributed by atoms with E-state index < -0.39 is 0 Å². The van der Waals surface area contributed by atoms with Crippen molar-refractivity contribution in [3.8, 4) is 0 Å². The predicted octanol–water partition coefficient (Wildman–Crippen LogP) is 3.12. The molecule has 0 atom stereocenters. The molecule has 1 heterocycles. The van der Waals surface area contributed by atoms with Gasteiger partial charge in [-0.15, -0.1) is 0 Å². The predicted molar refractivity (Wildman–Crippen MR) is 68.2 cm³/mol. The molecule has 2 aromatic rings. The molecule has 0 amide bonds. The zero-order valence-corrected chi connectivity index (χ0v) is 10.1. The molecule has 0 N–H and O–H groups in total. The maximum absolute atomic E-state index is 12.1. The Labute approximate surface area is 101 Å². The summed E-state index contributed by atoms with van der Waals surface area (Å²) in [7, 11) is 0. The molecule has 0 radical (unpaired) electrons.